The first-order chi connectivity index (χ1) is 14.8. The van der Waals surface area contributed by atoms with Crippen molar-refractivity contribution in [3.8, 4) is 0 Å². The molecule has 1 saturated heterocycles. The van der Waals surface area contributed by atoms with Gasteiger partial charge in [0.15, 0.2) is 0 Å². The number of amides is 2. The fourth-order valence-corrected chi connectivity index (χ4v) is 3.77. The molecule has 9 heteroatoms. The molecule has 31 heavy (non-hydrogen) atoms. The van der Waals surface area contributed by atoms with Gasteiger partial charge in [0.25, 0.3) is 11.6 Å². The summed E-state index contributed by atoms with van der Waals surface area (Å²) in [4.78, 5) is 39.6. The van der Waals surface area contributed by atoms with Crippen molar-refractivity contribution in [3.05, 3.63) is 62.7 Å². The van der Waals surface area contributed by atoms with Gasteiger partial charge in [-0.15, -0.1) is 0 Å². The van der Waals surface area contributed by atoms with E-state index >= 15 is 0 Å². The number of halogens is 1. The molecule has 1 heterocycles. The van der Waals surface area contributed by atoms with Crippen LogP contribution in [0.3, 0.4) is 0 Å². The van der Waals surface area contributed by atoms with E-state index in [4.69, 9.17) is 11.6 Å². The third kappa shape index (κ3) is 5.32. The molecule has 1 aliphatic rings. The molecule has 1 N–H and O–H groups in total. The highest BCUT2D eigenvalue weighted by Crippen LogP contribution is 2.31. The van der Waals surface area contributed by atoms with E-state index in [1.54, 1.807) is 31.2 Å². The number of nitrogens with zero attached hydrogens (tertiary/aromatic N) is 3. The normalized spacial score (nSPS) is 13.8. The van der Waals surface area contributed by atoms with E-state index in [0.717, 1.165) is 12.1 Å². The predicted molar refractivity (Wildman–Crippen MR) is 121 cm³/mol. The highest BCUT2D eigenvalue weighted by Gasteiger charge is 2.23. The van der Waals surface area contributed by atoms with E-state index in [2.05, 4.69) is 10.2 Å². The molecule has 0 aliphatic carbocycles. The third-order valence-electron chi connectivity index (χ3n) is 5.31. The largest absolute Gasteiger partial charge is 0.366 e. The minimum absolute atomic E-state index is 0.105. The quantitative estimate of drug-likeness (QED) is 0.530. The van der Waals surface area contributed by atoms with Gasteiger partial charge >= 0.3 is 0 Å². The Kier molecular flexibility index (Phi) is 7.12. The van der Waals surface area contributed by atoms with Crippen LogP contribution < -0.4 is 10.2 Å². The molecule has 0 aromatic heterocycles. The van der Waals surface area contributed by atoms with E-state index in [9.17, 15) is 19.7 Å². The zero-order chi connectivity index (χ0) is 22.5. The van der Waals surface area contributed by atoms with Crippen LogP contribution in [0.4, 0.5) is 17.1 Å². The minimum atomic E-state index is -0.504. The van der Waals surface area contributed by atoms with Gasteiger partial charge in [0.05, 0.1) is 16.3 Å². The first-order valence-corrected chi connectivity index (χ1v) is 10.6. The first-order valence-electron chi connectivity index (χ1n) is 10.2. The van der Waals surface area contributed by atoms with E-state index in [1.165, 1.54) is 6.07 Å². The fraction of sp³-hybridized carbons (Fsp3) is 0.364. The smallest absolute Gasteiger partial charge is 0.273 e. The summed E-state index contributed by atoms with van der Waals surface area (Å²) in [5, 5.41) is 14.5. The maximum absolute atomic E-state index is 12.8. The summed E-state index contributed by atoms with van der Waals surface area (Å²) in [5.41, 5.74) is 1.89. The summed E-state index contributed by atoms with van der Waals surface area (Å²) in [7, 11) is 0. The molecule has 3 rings (SSSR count). The van der Waals surface area contributed by atoms with Crippen molar-refractivity contribution in [2.24, 2.45) is 0 Å². The molecule has 0 bridgehead atoms. The van der Waals surface area contributed by atoms with Crippen molar-refractivity contribution in [2.75, 3.05) is 36.4 Å². The summed E-state index contributed by atoms with van der Waals surface area (Å²) in [6.45, 7) is 6.10. The third-order valence-corrected chi connectivity index (χ3v) is 5.55. The lowest BCUT2D eigenvalue weighted by Gasteiger charge is -2.37. The molecule has 2 amide bonds. The summed E-state index contributed by atoms with van der Waals surface area (Å²) in [6, 6.07) is 9.62. The van der Waals surface area contributed by atoms with Crippen molar-refractivity contribution in [2.45, 2.75) is 26.7 Å². The van der Waals surface area contributed by atoms with Gasteiger partial charge in [-0.05, 0) is 37.6 Å². The zero-order valence-electron chi connectivity index (χ0n) is 17.6. The molecule has 0 saturated carbocycles. The van der Waals surface area contributed by atoms with Crippen LogP contribution in [-0.2, 0) is 4.79 Å². The van der Waals surface area contributed by atoms with E-state index in [1.807, 2.05) is 17.9 Å². The van der Waals surface area contributed by atoms with Gasteiger partial charge < -0.3 is 15.1 Å². The lowest BCUT2D eigenvalue weighted by molar-refractivity contribution is -0.385. The molecule has 2 aromatic carbocycles. The number of hydrogen-bond acceptors (Lipinski definition) is 5. The van der Waals surface area contributed by atoms with Crippen molar-refractivity contribution in [1.82, 2.24) is 4.90 Å². The number of nitrogens with one attached hydrogen (secondary N) is 1. The second kappa shape index (κ2) is 9.78. The van der Waals surface area contributed by atoms with Crippen LogP contribution in [0.15, 0.2) is 36.4 Å². The van der Waals surface area contributed by atoms with Gasteiger partial charge in [0, 0.05) is 54.8 Å². The Morgan fingerprint density at radius 1 is 1.13 bits per heavy atom. The molecule has 1 fully saturated rings. The van der Waals surface area contributed by atoms with Crippen LogP contribution >= 0.6 is 11.6 Å². The van der Waals surface area contributed by atoms with Crippen molar-refractivity contribution >= 4 is 40.5 Å². The SMILES string of the molecule is CCCC(=O)N1CCN(c2ccc(Cl)cc2NC(=O)c2ccc(C)c([N+](=O)[O-])c2)CC1. The molecule has 0 radical (unpaired) electrons. The Bertz CT molecular complexity index is 1000. The average molecular weight is 445 g/mol. The molecule has 164 valence electrons. The average Bonchev–Trinajstić information content (AvgIpc) is 2.74. The maximum Gasteiger partial charge on any atom is 0.273 e. The first kappa shape index (κ1) is 22.6. The number of rotatable bonds is 6. The van der Waals surface area contributed by atoms with Gasteiger partial charge in [-0.1, -0.05) is 24.6 Å². The Morgan fingerprint density at radius 3 is 2.48 bits per heavy atom. The fourth-order valence-electron chi connectivity index (χ4n) is 3.59. The zero-order valence-corrected chi connectivity index (χ0v) is 18.3. The second-order valence-corrected chi connectivity index (χ2v) is 7.93. The van der Waals surface area contributed by atoms with Crippen LogP contribution in [-0.4, -0.2) is 47.8 Å². The van der Waals surface area contributed by atoms with Crippen LogP contribution in [0.2, 0.25) is 5.02 Å². The summed E-state index contributed by atoms with van der Waals surface area (Å²) in [5.74, 6) is -0.295. The molecule has 1 aliphatic heterocycles. The molecular weight excluding hydrogens is 420 g/mol. The topological polar surface area (TPSA) is 95.8 Å². The van der Waals surface area contributed by atoms with Gasteiger partial charge in [0.2, 0.25) is 5.91 Å². The van der Waals surface area contributed by atoms with Crippen LogP contribution in [0.25, 0.3) is 0 Å². The predicted octanol–water partition coefficient (Wildman–Crippen LogP) is 4.26. The molecule has 0 spiro atoms. The van der Waals surface area contributed by atoms with Gasteiger partial charge in [0.1, 0.15) is 0 Å². The number of carbonyl (C=O) groups excluding carboxylic acids is 2. The molecule has 0 atom stereocenters. The maximum atomic E-state index is 12.8. The number of aryl methyl sites for hydroxylation is 1. The summed E-state index contributed by atoms with van der Waals surface area (Å²) in [6.07, 6.45) is 1.37. The van der Waals surface area contributed by atoms with Crippen LogP contribution in [0, 0.1) is 17.0 Å². The standard InChI is InChI=1S/C22H25ClN4O4/c1-3-4-21(28)26-11-9-25(10-12-26)19-8-7-17(23)14-18(19)24-22(29)16-6-5-15(2)20(13-16)27(30)31/h5-8,13-14H,3-4,9-12H2,1-2H3,(H,24,29). The van der Waals surface area contributed by atoms with E-state index < -0.39 is 10.8 Å². The van der Waals surface area contributed by atoms with Gasteiger partial charge in [-0.3, -0.25) is 19.7 Å². The Balaban J connectivity index is 1.78. The van der Waals surface area contributed by atoms with E-state index in [0.29, 0.717) is 48.9 Å². The number of anilines is 2. The van der Waals surface area contributed by atoms with Crippen molar-refractivity contribution in [3.63, 3.8) is 0 Å². The number of hydrogen-bond donors (Lipinski definition) is 1. The number of nitro groups is 1. The Hall–Kier alpha value is -3.13. The number of benzene rings is 2. The Morgan fingerprint density at radius 2 is 1.84 bits per heavy atom. The summed E-state index contributed by atoms with van der Waals surface area (Å²) < 4.78 is 0. The minimum Gasteiger partial charge on any atom is -0.366 e. The number of carbonyl (C=O) groups is 2. The lowest BCUT2D eigenvalue weighted by Crippen LogP contribution is -2.48. The molecule has 2 aromatic rings. The molecule has 8 nitrogen and oxygen atoms in total. The lowest BCUT2D eigenvalue weighted by atomic mass is 10.1. The van der Waals surface area contributed by atoms with Crippen molar-refractivity contribution < 1.29 is 14.5 Å². The molecular formula is C22H25ClN4O4. The number of nitro benzene ring substituents is 1. The monoisotopic (exact) mass is 444 g/mol. The number of piperazine rings is 1. The Labute approximate surface area is 185 Å². The van der Waals surface area contributed by atoms with Crippen molar-refractivity contribution in [1.29, 1.82) is 0 Å². The summed E-state index contributed by atoms with van der Waals surface area (Å²) >= 11 is 6.16. The van der Waals surface area contributed by atoms with E-state index in [-0.39, 0.29) is 17.2 Å². The van der Waals surface area contributed by atoms with Gasteiger partial charge in [-0.2, -0.15) is 0 Å². The van der Waals surface area contributed by atoms with Crippen LogP contribution in [0.5, 0.6) is 0 Å². The van der Waals surface area contributed by atoms with Crippen LogP contribution in [0.1, 0.15) is 35.7 Å². The highest BCUT2D eigenvalue weighted by molar-refractivity contribution is 6.31. The highest BCUT2D eigenvalue weighted by atomic mass is 35.5. The second-order valence-electron chi connectivity index (χ2n) is 7.49. The molecule has 0 unspecified atom stereocenters. The van der Waals surface area contributed by atoms with Gasteiger partial charge in [-0.25, -0.2) is 0 Å².